The number of hydrogen-bond acceptors (Lipinski definition) is 6. The third-order valence-electron chi connectivity index (χ3n) is 5.90. The van der Waals surface area contributed by atoms with Crippen LogP contribution < -0.4 is 10.2 Å². The second kappa shape index (κ2) is 9.28. The van der Waals surface area contributed by atoms with Gasteiger partial charge in [-0.1, -0.05) is 42.5 Å². The Kier molecular flexibility index (Phi) is 6.26. The summed E-state index contributed by atoms with van der Waals surface area (Å²) in [5.74, 6) is -0.172. The SMILES string of the molecule is CCOC(=O)C1=C(C)N(CC(=O)Nc2cccc(C)c2C)c2ncnn2[C@H]1c1ccccc1. The van der Waals surface area contributed by atoms with Gasteiger partial charge in [-0.05, 0) is 50.5 Å². The second-order valence-electron chi connectivity index (χ2n) is 7.92. The number of nitrogens with zero attached hydrogens (tertiary/aromatic N) is 4. The number of benzene rings is 2. The van der Waals surface area contributed by atoms with Crippen LogP contribution in [0.15, 0.2) is 66.1 Å². The fourth-order valence-electron chi connectivity index (χ4n) is 4.06. The lowest BCUT2D eigenvalue weighted by atomic mass is 9.95. The van der Waals surface area contributed by atoms with Gasteiger partial charge in [-0.25, -0.2) is 9.48 Å². The van der Waals surface area contributed by atoms with E-state index in [1.807, 2.05) is 69.3 Å². The number of rotatable bonds is 6. The van der Waals surface area contributed by atoms with Gasteiger partial charge in [-0.15, -0.1) is 0 Å². The Bertz CT molecular complexity index is 1220. The minimum Gasteiger partial charge on any atom is -0.463 e. The third-order valence-corrected chi connectivity index (χ3v) is 5.90. The normalized spacial score (nSPS) is 15.3. The number of nitrogens with one attached hydrogen (secondary N) is 1. The minimum absolute atomic E-state index is 0.0255. The molecule has 0 bridgehead atoms. The fourth-order valence-corrected chi connectivity index (χ4v) is 4.06. The molecule has 0 saturated heterocycles. The van der Waals surface area contributed by atoms with E-state index in [1.165, 1.54) is 6.33 Å². The molecule has 4 rings (SSSR count). The molecule has 33 heavy (non-hydrogen) atoms. The Labute approximate surface area is 192 Å². The monoisotopic (exact) mass is 445 g/mol. The Morgan fingerprint density at radius 3 is 2.55 bits per heavy atom. The number of anilines is 2. The van der Waals surface area contributed by atoms with Crippen LogP contribution in [0.2, 0.25) is 0 Å². The molecule has 1 amide bonds. The number of hydrogen-bond donors (Lipinski definition) is 1. The van der Waals surface area contributed by atoms with Gasteiger partial charge in [0.2, 0.25) is 11.9 Å². The molecule has 1 N–H and O–H groups in total. The molecule has 8 heteroatoms. The van der Waals surface area contributed by atoms with Crippen LogP contribution in [-0.2, 0) is 14.3 Å². The largest absolute Gasteiger partial charge is 0.463 e. The molecule has 2 aromatic carbocycles. The Hall–Kier alpha value is -3.94. The predicted octanol–water partition coefficient (Wildman–Crippen LogP) is 3.78. The summed E-state index contributed by atoms with van der Waals surface area (Å²) >= 11 is 0. The van der Waals surface area contributed by atoms with E-state index in [4.69, 9.17) is 4.74 Å². The summed E-state index contributed by atoms with van der Waals surface area (Å²) in [6.45, 7) is 7.77. The summed E-state index contributed by atoms with van der Waals surface area (Å²) < 4.78 is 7.05. The van der Waals surface area contributed by atoms with E-state index in [9.17, 15) is 9.59 Å². The molecule has 1 atom stereocenters. The van der Waals surface area contributed by atoms with Crippen LogP contribution in [0.1, 0.15) is 36.6 Å². The van der Waals surface area contributed by atoms with Crippen molar-refractivity contribution in [1.82, 2.24) is 14.8 Å². The summed E-state index contributed by atoms with van der Waals surface area (Å²) in [4.78, 5) is 32.2. The maximum Gasteiger partial charge on any atom is 0.338 e. The Morgan fingerprint density at radius 1 is 1.06 bits per heavy atom. The minimum atomic E-state index is -0.499. The quantitative estimate of drug-likeness (QED) is 0.581. The summed E-state index contributed by atoms with van der Waals surface area (Å²) in [6.07, 6.45) is 1.43. The van der Waals surface area contributed by atoms with Gasteiger partial charge in [0, 0.05) is 11.4 Å². The molecule has 1 aliphatic rings. The maximum atomic E-state index is 13.1. The lowest BCUT2D eigenvalue weighted by Gasteiger charge is -2.35. The molecular weight excluding hydrogens is 418 g/mol. The van der Waals surface area contributed by atoms with Crippen molar-refractivity contribution in [3.05, 3.63) is 82.8 Å². The van der Waals surface area contributed by atoms with Gasteiger partial charge in [0.15, 0.2) is 0 Å². The van der Waals surface area contributed by atoms with E-state index in [-0.39, 0.29) is 19.1 Å². The molecule has 3 aromatic rings. The van der Waals surface area contributed by atoms with Crippen LogP contribution in [0.3, 0.4) is 0 Å². The van der Waals surface area contributed by atoms with Crippen molar-refractivity contribution in [3.63, 3.8) is 0 Å². The van der Waals surface area contributed by atoms with Crippen LogP contribution >= 0.6 is 0 Å². The number of amides is 1. The van der Waals surface area contributed by atoms with E-state index >= 15 is 0 Å². The predicted molar refractivity (Wildman–Crippen MR) is 126 cm³/mol. The summed E-state index contributed by atoms with van der Waals surface area (Å²) in [5, 5.41) is 7.38. The molecule has 2 heterocycles. The Morgan fingerprint density at radius 2 is 1.82 bits per heavy atom. The number of allylic oxidation sites excluding steroid dienone is 1. The lowest BCUT2D eigenvalue weighted by molar-refractivity contribution is -0.139. The van der Waals surface area contributed by atoms with Crippen molar-refractivity contribution < 1.29 is 14.3 Å². The van der Waals surface area contributed by atoms with E-state index in [2.05, 4.69) is 15.4 Å². The first kappa shape index (κ1) is 22.3. The molecule has 0 fully saturated rings. The number of fused-ring (bicyclic) bond motifs is 1. The van der Waals surface area contributed by atoms with Crippen molar-refractivity contribution in [2.75, 3.05) is 23.4 Å². The van der Waals surface area contributed by atoms with Gasteiger partial charge in [0.05, 0.1) is 12.2 Å². The fraction of sp³-hybridized carbons (Fsp3) is 0.280. The average Bonchev–Trinajstić information content (AvgIpc) is 3.28. The Balaban J connectivity index is 1.72. The molecule has 1 aliphatic heterocycles. The smallest absolute Gasteiger partial charge is 0.338 e. The van der Waals surface area contributed by atoms with E-state index in [0.29, 0.717) is 17.2 Å². The van der Waals surface area contributed by atoms with Crippen LogP contribution in [-0.4, -0.2) is 39.8 Å². The molecule has 0 saturated carbocycles. The van der Waals surface area contributed by atoms with Gasteiger partial charge < -0.3 is 15.0 Å². The van der Waals surface area contributed by atoms with Crippen molar-refractivity contribution in [3.8, 4) is 0 Å². The number of carbonyl (C=O) groups excluding carboxylic acids is 2. The number of aryl methyl sites for hydroxylation is 1. The van der Waals surface area contributed by atoms with E-state index in [0.717, 1.165) is 22.4 Å². The van der Waals surface area contributed by atoms with Crippen molar-refractivity contribution in [1.29, 1.82) is 0 Å². The standard InChI is InChI=1S/C25H27N5O3/c1-5-33-24(32)22-18(4)29(14-21(31)28-20-13-9-10-16(2)17(20)3)25-26-15-27-30(25)23(22)19-11-7-6-8-12-19/h6-13,15,23H,5,14H2,1-4H3,(H,28,31)/t23-/m0/s1. The highest BCUT2D eigenvalue weighted by Gasteiger charge is 2.38. The highest BCUT2D eigenvalue weighted by molar-refractivity contribution is 5.97. The molecule has 8 nitrogen and oxygen atoms in total. The molecule has 0 aliphatic carbocycles. The molecule has 0 unspecified atom stereocenters. The first-order valence-electron chi connectivity index (χ1n) is 10.9. The maximum absolute atomic E-state index is 13.1. The van der Waals surface area contributed by atoms with Crippen molar-refractivity contribution >= 4 is 23.5 Å². The number of ether oxygens (including phenoxy) is 1. The van der Waals surface area contributed by atoms with Gasteiger partial charge in [0.25, 0.3) is 0 Å². The lowest BCUT2D eigenvalue weighted by Crippen LogP contribution is -2.41. The van der Waals surface area contributed by atoms with Gasteiger partial charge in [-0.2, -0.15) is 10.1 Å². The van der Waals surface area contributed by atoms with Gasteiger partial charge in [-0.3, -0.25) is 4.79 Å². The van der Waals surface area contributed by atoms with Crippen LogP contribution in [0.5, 0.6) is 0 Å². The first-order chi connectivity index (χ1) is 15.9. The van der Waals surface area contributed by atoms with Crippen molar-refractivity contribution in [2.24, 2.45) is 0 Å². The summed E-state index contributed by atoms with van der Waals surface area (Å²) in [7, 11) is 0. The molecule has 0 spiro atoms. The summed E-state index contributed by atoms with van der Waals surface area (Å²) in [6, 6.07) is 14.9. The summed E-state index contributed by atoms with van der Waals surface area (Å²) in [5.41, 5.74) is 4.78. The zero-order chi connectivity index (χ0) is 23.5. The topological polar surface area (TPSA) is 89.3 Å². The molecule has 1 aromatic heterocycles. The first-order valence-corrected chi connectivity index (χ1v) is 10.9. The number of carbonyl (C=O) groups is 2. The second-order valence-corrected chi connectivity index (χ2v) is 7.92. The molecule has 170 valence electrons. The molecular formula is C25H27N5O3. The third kappa shape index (κ3) is 4.24. The van der Waals surface area contributed by atoms with Crippen LogP contribution in [0.25, 0.3) is 0 Å². The van der Waals surface area contributed by atoms with Crippen LogP contribution in [0.4, 0.5) is 11.6 Å². The highest BCUT2D eigenvalue weighted by atomic mass is 16.5. The highest BCUT2D eigenvalue weighted by Crippen LogP contribution is 2.38. The van der Waals surface area contributed by atoms with Gasteiger partial charge >= 0.3 is 5.97 Å². The zero-order valence-corrected chi connectivity index (χ0v) is 19.2. The average molecular weight is 446 g/mol. The van der Waals surface area contributed by atoms with E-state index in [1.54, 1.807) is 16.5 Å². The van der Waals surface area contributed by atoms with E-state index < -0.39 is 12.0 Å². The van der Waals surface area contributed by atoms with Crippen LogP contribution in [0, 0.1) is 13.8 Å². The number of esters is 1. The van der Waals surface area contributed by atoms with Crippen molar-refractivity contribution in [2.45, 2.75) is 33.7 Å². The molecule has 0 radical (unpaired) electrons. The van der Waals surface area contributed by atoms with Gasteiger partial charge in [0.1, 0.15) is 18.9 Å². The zero-order valence-electron chi connectivity index (χ0n) is 19.2. The number of aromatic nitrogens is 3.